The van der Waals surface area contributed by atoms with Crippen molar-refractivity contribution in [3.05, 3.63) is 47.7 Å². The van der Waals surface area contributed by atoms with Crippen molar-refractivity contribution in [2.24, 2.45) is 0 Å². The lowest BCUT2D eigenvalue weighted by molar-refractivity contribution is 0.0690. The highest BCUT2D eigenvalue weighted by molar-refractivity contribution is 5.86. The summed E-state index contributed by atoms with van der Waals surface area (Å²) >= 11 is 0. The molecule has 0 saturated heterocycles. The third kappa shape index (κ3) is 3.34. The molecule has 0 atom stereocenters. The molecule has 0 aliphatic rings. The summed E-state index contributed by atoms with van der Waals surface area (Å²) in [7, 11) is 0. The van der Waals surface area contributed by atoms with Crippen LogP contribution < -0.4 is 4.74 Å². The average Bonchev–Trinajstić information content (AvgIpc) is 2.37. The first kappa shape index (κ1) is 14.9. The van der Waals surface area contributed by atoms with Crippen LogP contribution in [0.3, 0.4) is 0 Å². The van der Waals surface area contributed by atoms with Gasteiger partial charge in [-0.3, -0.25) is 0 Å². The molecule has 2 aromatic rings. The first-order valence-electron chi connectivity index (χ1n) is 6.25. The van der Waals surface area contributed by atoms with Crippen LogP contribution in [-0.4, -0.2) is 22.2 Å². The van der Waals surface area contributed by atoms with Gasteiger partial charge in [-0.2, -0.15) is 0 Å². The van der Waals surface area contributed by atoms with E-state index in [1.54, 1.807) is 13.8 Å². The van der Waals surface area contributed by atoms with E-state index in [-0.39, 0.29) is 28.8 Å². The number of rotatable bonds is 4. The largest absolute Gasteiger partial charge is 0.491 e. The summed E-state index contributed by atoms with van der Waals surface area (Å²) in [5, 5.41) is 8.87. The fraction of sp³-hybridized carbons (Fsp3) is 0.200. The van der Waals surface area contributed by atoms with Crippen LogP contribution in [-0.2, 0) is 0 Å². The Morgan fingerprint density at radius 3 is 2.38 bits per heavy atom. The second-order valence-electron chi connectivity index (χ2n) is 4.64. The van der Waals surface area contributed by atoms with Gasteiger partial charge in [0.2, 0.25) is 0 Å². The van der Waals surface area contributed by atoms with Gasteiger partial charge in [0.05, 0.1) is 17.4 Å². The van der Waals surface area contributed by atoms with E-state index in [2.05, 4.69) is 4.98 Å². The van der Waals surface area contributed by atoms with Gasteiger partial charge in [-0.05, 0) is 26.0 Å². The monoisotopic (exact) mass is 293 g/mol. The molecule has 0 amide bonds. The van der Waals surface area contributed by atoms with Crippen molar-refractivity contribution >= 4 is 5.97 Å². The lowest BCUT2D eigenvalue weighted by Crippen LogP contribution is -2.07. The molecule has 0 aliphatic carbocycles. The highest BCUT2D eigenvalue weighted by atomic mass is 19.1. The molecule has 1 N–H and O–H groups in total. The van der Waals surface area contributed by atoms with Gasteiger partial charge in [-0.1, -0.05) is 6.07 Å². The lowest BCUT2D eigenvalue weighted by atomic mass is 10.1. The smallest absolute Gasteiger partial charge is 0.354 e. The molecular formula is C15H13F2NO3. The van der Waals surface area contributed by atoms with Crippen molar-refractivity contribution in [2.75, 3.05) is 0 Å². The highest BCUT2D eigenvalue weighted by Crippen LogP contribution is 2.29. The van der Waals surface area contributed by atoms with Gasteiger partial charge >= 0.3 is 5.97 Å². The zero-order valence-electron chi connectivity index (χ0n) is 11.4. The second kappa shape index (κ2) is 5.87. The Labute approximate surface area is 120 Å². The number of pyridine rings is 1. The van der Waals surface area contributed by atoms with Crippen LogP contribution in [0.1, 0.15) is 24.3 Å². The van der Waals surface area contributed by atoms with E-state index in [9.17, 15) is 13.6 Å². The molecule has 0 saturated carbocycles. The number of halogens is 2. The Bertz CT molecular complexity index is 663. The number of hydrogen-bond acceptors (Lipinski definition) is 3. The SMILES string of the molecule is CC(C)Oc1cc(F)c(-c2cccc(C(=O)O)n2)c(F)c1. The summed E-state index contributed by atoms with van der Waals surface area (Å²) in [6.07, 6.45) is -0.219. The number of benzene rings is 1. The quantitative estimate of drug-likeness (QED) is 0.937. The molecule has 6 heteroatoms. The number of aromatic nitrogens is 1. The minimum atomic E-state index is -1.27. The van der Waals surface area contributed by atoms with Gasteiger partial charge < -0.3 is 9.84 Å². The maximum Gasteiger partial charge on any atom is 0.354 e. The van der Waals surface area contributed by atoms with Crippen LogP contribution in [0.25, 0.3) is 11.3 Å². The van der Waals surface area contributed by atoms with E-state index < -0.39 is 17.6 Å². The van der Waals surface area contributed by atoms with Gasteiger partial charge in [0.25, 0.3) is 0 Å². The van der Waals surface area contributed by atoms with Crippen molar-refractivity contribution in [3.63, 3.8) is 0 Å². The number of nitrogens with zero attached hydrogens (tertiary/aromatic N) is 1. The molecule has 0 aliphatic heterocycles. The van der Waals surface area contributed by atoms with Gasteiger partial charge in [0.1, 0.15) is 23.1 Å². The molecule has 1 aromatic heterocycles. The molecule has 0 radical (unpaired) electrons. The van der Waals surface area contributed by atoms with Crippen LogP contribution >= 0.6 is 0 Å². The van der Waals surface area contributed by atoms with Crippen LogP contribution in [0, 0.1) is 11.6 Å². The van der Waals surface area contributed by atoms with E-state index in [1.165, 1.54) is 18.2 Å². The standard InChI is InChI=1S/C15H13F2NO3/c1-8(2)21-9-6-10(16)14(11(17)7-9)12-4-3-5-13(18-12)15(19)20/h3-8H,1-2H3,(H,19,20). The molecule has 4 nitrogen and oxygen atoms in total. The van der Waals surface area contributed by atoms with Crippen molar-refractivity contribution in [3.8, 4) is 17.0 Å². The molecule has 1 aromatic carbocycles. The normalized spacial score (nSPS) is 10.7. The maximum absolute atomic E-state index is 14.1. The van der Waals surface area contributed by atoms with Crippen molar-refractivity contribution in [1.29, 1.82) is 0 Å². The van der Waals surface area contributed by atoms with Crippen molar-refractivity contribution in [1.82, 2.24) is 4.98 Å². The zero-order valence-corrected chi connectivity index (χ0v) is 11.4. The van der Waals surface area contributed by atoms with Gasteiger partial charge in [-0.25, -0.2) is 18.6 Å². The summed E-state index contributed by atoms with van der Waals surface area (Å²) in [4.78, 5) is 14.6. The number of ether oxygens (including phenoxy) is 1. The molecule has 0 fully saturated rings. The Balaban J connectivity index is 2.49. The van der Waals surface area contributed by atoms with Gasteiger partial charge in [0, 0.05) is 12.1 Å². The van der Waals surface area contributed by atoms with E-state index in [0.717, 1.165) is 12.1 Å². The summed E-state index contributed by atoms with van der Waals surface area (Å²) in [5.41, 5.74) is -0.746. The van der Waals surface area contributed by atoms with Crippen LogP contribution in [0.5, 0.6) is 5.75 Å². The molecule has 110 valence electrons. The fourth-order valence-corrected chi connectivity index (χ4v) is 1.83. The number of aromatic carboxylic acids is 1. The van der Waals surface area contributed by atoms with Gasteiger partial charge in [0.15, 0.2) is 0 Å². The van der Waals surface area contributed by atoms with Crippen molar-refractivity contribution < 1.29 is 23.4 Å². The number of hydrogen-bond donors (Lipinski definition) is 1. The predicted octanol–water partition coefficient (Wildman–Crippen LogP) is 3.51. The number of carboxylic acid groups (broad SMARTS) is 1. The van der Waals surface area contributed by atoms with Crippen LogP contribution in [0.15, 0.2) is 30.3 Å². The predicted molar refractivity (Wildman–Crippen MR) is 72.3 cm³/mol. The summed E-state index contributed by atoms with van der Waals surface area (Å²) in [6.45, 7) is 3.48. The van der Waals surface area contributed by atoms with Gasteiger partial charge in [-0.15, -0.1) is 0 Å². The summed E-state index contributed by atoms with van der Waals surface area (Å²) in [5.74, 6) is -2.92. The van der Waals surface area contributed by atoms with Crippen molar-refractivity contribution in [2.45, 2.75) is 20.0 Å². The Morgan fingerprint density at radius 2 is 1.86 bits per heavy atom. The second-order valence-corrected chi connectivity index (χ2v) is 4.64. The van der Waals surface area contributed by atoms with E-state index in [0.29, 0.717) is 0 Å². The number of carbonyl (C=O) groups is 1. The van der Waals surface area contributed by atoms with E-state index >= 15 is 0 Å². The lowest BCUT2D eigenvalue weighted by Gasteiger charge is -2.12. The fourth-order valence-electron chi connectivity index (χ4n) is 1.83. The third-order valence-electron chi connectivity index (χ3n) is 2.61. The van der Waals surface area contributed by atoms with E-state index in [1.807, 2.05) is 0 Å². The summed E-state index contributed by atoms with van der Waals surface area (Å²) in [6, 6.07) is 6.07. The molecule has 2 rings (SSSR count). The molecule has 0 spiro atoms. The minimum Gasteiger partial charge on any atom is -0.491 e. The average molecular weight is 293 g/mol. The molecule has 1 heterocycles. The maximum atomic E-state index is 14.1. The first-order valence-corrected chi connectivity index (χ1v) is 6.25. The Kier molecular flexibility index (Phi) is 4.16. The van der Waals surface area contributed by atoms with Crippen LogP contribution in [0.4, 0.5) is 8.78 Å². The minimum absolute atomic E-state index is 0.0677. The summed E-state index contributed by atoms with van der Waals surface area (Å²) < 4.78 is 33.4. The van der Waals surface area contributed by atoms with E-state index in [4.69, 9.17) is 9.84 Å². The molecular weight excluding hydrogens is 280 g/mol. The first-order chi connectivity index (χ1) is 9.88. The number of carboxylic acids is 1. The molecule has 21 heavy (non-hydrogen) atoms. The molecule has 0 bridgehead atoms. The Hall–Kier alpha value is -2.50. The Morgan fingerprint density at radius 1 is 1.24 bits per heavy atom. The molecule has 0 unspecified atom stereocenters. The third-order valence-corrected chi connectivity index (χ3v) is 2.61. The van der Waals surface area contributed by atoms with Crippen LogP contribution in [0.2, 0.25) is 0 Å². The zero-order chi connectivity index (χ0) is 15.6. The topological polar surface area (TPSA) is 59.4 Å². The highest BCUT2D eigenvalue weighted by Gasteiger charge is 2.17.